The third-order valence-corrected chi connectivity index (χ3v) is 7.16. The average Bonchev–Trinajstić information content (AvgIpc) is 3.52. The zero-order chi connectivity index (χ0) is 25.2. The van der Waals surface area contributed by atoms with Gasteiger partial charge >= 0.3 is 0 Å². The normalized spacial score (nSPS) is 21.7. The molecular weight excluding hydrogens is 457 g/mol. The molecule has 188 valence electrons. The number of benzene rings is 2. The van der Waals surface area contributed by atoms with Crippen LogP contribution in [0.1, 0.15) is 53.7 Å². The predicted octanol–water partition coefficient (Wildman–Crippen LogP) is 4.52. The van der Waals surface area contributed by atoms with Crippen LogP contribution in [0.4, 0.5) is 4.39 Å². The molecule has 7 heteroatoms. The van der Waals surface area contributed by atoms with Crippen molar-refractivity contribution < 1.29 is 19.0 Å². The maximum atomic E-state index is 15.1. The lowest BCUT2D eigenvalue weighted by molar-refractivity contribution is -0.0260. The number of carbonyl (C=O) groups excluding carboxylic acids is 1. The van der Waals surface area contributed by atoms with E-state index in [-0.39, 0.29) is 24.1 Å². The number of rotatable bonds is 7. The zero-order valence-corrected chi connectivity index (χ0v) is 20.7. The highest BCUT2D eigenvalue weighted by Crippen LogP contribution is 2.30. The van der Waals surface area contributed by atoms with E-state index in [1.54, 1.807) is 12.3 Å². The number of hydrogen-bond donors (Lipinski definition) is 2. The molecule has 1 fully saturated rings. The van der Waals surface area contributed by atoms with Crippen LogP contribution in [0.5, 0.6) is 0 Å². The number of nitrogens with zero attached hydrogens (tertiary/aromatic N) is 2. The first-order chi connectivity index (χ1) is 17.5. The number of allylic oxidation sites excluding steroid dienone is 1. The highest BCUT2D eigenvalue weighted by atomic mass is 19.1. The van der Waals surface area contributed by atoms with Gasteiger partial charge in [0.25, 0.3) is 5.91 Å². The van der Waals surface area contributed by atoms with Gasteiger partial charge in [0.15, 0.2) is 0 Å². The molecule has 0 spiro atoms. The van der Waals surface area contributed by atoms with Crippen LogP contribution in [-0.2, 0) is 17.7 Å². The molecule has 3 aromatic rings. The molecule has 2 aliphatic heterocycles. The summed E-state index contributed by atoms with van der Waals surface area (Å²) in [7, 11) is 0. The number of amides is 1. The number of nitrogens with one attached hydrogen (secondary N) is 1. The van der Waals surface area contributed by atoms with Crippen LogP contribution in [0.3, 0.4) is 0 Å². The smallest absolute Gasteiger partial charge is 0.253 e. The molecule has 0 saturated carbocycles. The number of fused-ring (bicyclic) bond motifs is 1. The summed E-state index contributed by atoms with van der Waals surface area (Å²) in [5.74, 6) is -0.808. The molecule has 0 aliphatic carbocycles. The van der Waals surface area contributed by atoms with Crippen molar-refractivity contribution in [2.75, 3.05) is 13.2 Å². The average molecular weight is 490 g/mol. The van der Waals surface area contributed by atoms with Crippen molar-refractivity contribution in [3.8, 4) is 0 Å². The fourth-order valence-corrected chi connectivity index (χ4v) is 5.06. The lowest BCUT2D eigenvalue weighted by Gasteiger charge is -2.28. The molecule has 6 nitrogen and oxygen atoms in total. The Morgan fingerprint density at radius 1 is 1.22 bits per heavy atom. The van der Waals surface area contributed by atoms with Crippen LogP contribution in [0.2, 0.25) is 0 Å². The van der Waals surface area contributed by atoms with Gasteiger partial charge in [-0.2, -0.15) is 0 Å². The third-order valence-electron chi connectivity index (χ3n) is 7.16. The van der Waals surface area contributed by atoms with Crippen LogP contribution < -0.4 is 5.32 Å². The number of aliphatic hydroxyl groups excluding tert-OH is 1. The van der Waals surface area contributed by atoms with Gasteiger partial charge in [-0.05, 0) is 47.6 Å². The number of hydrogen-bond acceptors (Lipinski definition) is 4. The Bertz CT molecular complexity index is 1330. The fraction of sp³-hybridized carbons (Fsp3) is 0.379. The second kappa shape index (κ2) is 10.4. The molecule has 0 bridgehead atoms. The van der Waals surface area contributed by atoms with Crippen LogP contribution in [0.25, 0.3) is 16.5 Å². The van der Waals surface area contributed by atoms with E-state index in [4.69, 9.17) is 4.74 Å². The van der Waals surface area contributed by atoms with E-state index in [0.717, 1.165) is 34.2 Å². The van der Waals surface area contributed by atoms with Gasteiger partial charge in [0.05, 0.1) is 35.9 Å². The van der Waals surface area contributed by atoms with Crippen LogP contribution in [0, 0.1) is 5.82 Å². The van der Waals surface area contributed by atoms with Gasteiger partial charge in [-0.3, -0.25) is 9.79 Å². The fourth-order valence-electron chi connectivity index (χ4n) is 5.06. The molecular formula is C29H32FN3O3. The standard InChI is InChI=1S/C29H32FN3O3/c1-3-19-9-10-24(30)27-23(29(35)32-25-11-12-36-17-26(25)34)16-33(28(19)27)15-18-5-7-20(8-6-18)21-13-22(4-2)31-14-21/h5-10,13-14,16,22,25-26,34H,3-4,11-12,15,17H2,1-2H3,(H,32,35). The van der Waals surface area contributed by atoms with Crippen molar-refractivity contribution in [2.24, 2.45) is 4.99 Å². The summed E-state index contributed by atoms with van der Waals surface area (Å²) in [5, 5.41) is 13.4. The van der Waals surface area contributed by atoms with Gasteiger partial charge in [-0.1, -0.05) is 50.3 Å². The Labute approximate surface area is 210 Å². The van der Waals surface area contributed by atoms with Crippen molar-refractivity contribution in [1.29, 1.82) is 0 Å². The van der Waals surface area contributed by atoms with E-state index in [0.29, 0.717) is 31.4 Å². The van der Waals surface area contributed by atoms with Crippen LogP contribution in [-0.4, -0.2) is 53.2 Å². The Balaban J connectivity index is 1.46. The van der Waals surface area contributed by atoms with Crippen molar-refractivity contribution in [1.82, 2.24) is 9.88 Å². The lowest BCUT2D eigenvalue weighted by atomic mass is 10.0. The van der Waals surface area contributed by atoms with E-state index >= 15 is 4.39 Å². The van der Waals surface area contributed by atoms with E-state index in [2.05, 4.69) is 47.6 Å². The minimum Gasteiger partial charge on any atom is -0.389 e. The van der Waals surface area contributed by atoms with Gasteiger partial charge < -0.3 is 19.7 Å². The van der Waals surface area contributed by atoms with E-state index in [9.17, 15) is 9.90 Å². The highest BCUT2D eigenvalue weighted by Gasteiger charge is 2.28. The first-order valence-corrected chi connectivity index (χ1v) is 12.7. The van der Waals surface area contributed by atoms with Crippen molar-refractivity contribution in [3.05, 3.63) is 76.7 Å². The minimum absolute atomic E-state index is 0.179. The summed E-state index contributed by atoms with van der Waals surface area (Å²) in [4.78, 5) is 17.8. The second-order valence-corrected chi connectivity index (χ2v) is 9.54. The van der Waals surface area contributed by atoms with E-state index in [1.807, 2.05) is 17.7 Å². The molecule has 1 amide bonds. The number of carbonyl (C=O) groups is 1. The SMILES string of the molecule is CCc1ccc(F)c2c(C(=O)NC3CCOCC3O)cn(Cc3ccc(C4=CC(CC)N=C4)cc3)c12. The van der Waals surface area contributed by atoms with Gasteiger partial charge in [0, 0.05) is 30.9 Å². The van der Waals surface area contributed by atoms with Gasteiger partial charge in [-0.15, -0.1) is 0 Å². The maximum Gasteiger partial charge on any atom is 0.253 e. The van der Waals surface area contributed by atoms with Gasteiger partial charge in [0.2, 0.25) is 0 Å². The van der Waals surface area contributed by atoms with E-state index in [1.165, 1.54) is 6.07 Å². The molecule has 3 unspecified atom stereocenters. The molecule has 1 aromatic heterocycles. The molecule has 36 heavy (non-hydrogen) atoms. The Morgan fingerprint density at radius 2 is 2.03 bits per heavy atom. The summed E-state index contributed by atoms with van der Waals surface area (Å²) < 4.78 is 22.4. The summed E-state index contributed by atoms with van der Waals surface area (Å²) in [6.45, 7) is 5.30. The quantitative estimate of drug-likeness (QED) is 0.513. The Kier molecular flexibility index (Phi) is 7.03. The van der Waals surface area contributed by atoms with E-state index < -0.39 is 18.0 Å². The molecule has 2 N–H and O–H groups in total. The molecule has 0 radical (unpaired) electrons. The highest BCUT2D eigenvalue weighted by molar-refractivity contribution is 6.11. The van der Waals surface area contributed by atoms with Gasteiger partial charge in [0.1, 0.15) is 5.82 Å². The Morgan fingerprint density at radius 3 is 2.72 bits per heavy atom. The summed E-state index contributed by atoms with van der Waals surface area (Å²) in [6.07, 6.45) is 7.28. The summed E-state index contributed by atoms with van der Waals surface area (Å²) in [5.41, 5.74) is 5.29. The molecule has 5 rings (SSSR count). The Hall–Kier alpha value is -3.29. The molecule has 1 saturated heterocycles. The maximum absolute atomic E-state index is 15.1. The van der Waals surface area contributed by atoms with Crippen molar-refractivity contribution >= 4 is 28.6 Å². The van der Waals surface area contributed by atoms with Crippen LogP contribution in [0.15, 0.2) is 53.7 Å². The number of aliphatic imine (C=N–C) groups is 1. The third kappa shape index (κ3) is 4.73. The number of halogens is 1. The molecule has 2 aliphatic rings. The number of aryl methyl sites for hydroxylation is 1. The number of aromatic nitrogens is 1. The molecule has 2 aromatic carbocycles. The number of aliphatic hydroxyl groups is 1. The monoisotopic (exact) mass is 489 g/mol. The lowest BCUT2D eigenvalue weighted by Crippen LogP contribution is -2.48. The predicted molar refractivity (Wildman–Crippen MR) is 140 cm³/mol. The zero-order valence-electron chi connectivity index (χ0n) is 20.7. The number of ether oxygens (including phenoxy) is 1. The topological polar surface area (TPSA) is 75.8 Å². The first-order valence-electron chi connectivity index (χ1n) is 12.7. The first kappa shape index (κ1) is 24.4. The van der Waals surface area contributed by atoms with Crippen LogP contribution >= 0.6 is 0 Å². The second-order valence-electron chi connectivity index (χ2n) is 9.54. The largest absolute Gasteiger partial charge is 0.389 e. The molecule has 3 heterocycles. The summed E-state index contributed by atoms with van der Waals surface area (Å²) in [6, 6.07) is 11.3. The van der Waals surface area contributed by atoms with Gasteiger partial charge in [-0.25, -0.2) is 4.39 Å². The summed E-state index contributed by atoms with van der Waals surface area (Å²) >= 11 is 0. The molecule has 3 atom stereocenters. The van der Waals surface area contributed by atoms with Crippen molar-refractivity contribution in [2.45, 2.75) is 57.8 Å². The van der Waals surface area contributed by atoms with Crippen molar-refractivity contribution in [3.63, 3.8) is 0 Å². The minimum atomic E-state index is -0.779.